The maximum atomic E-state index is 6.05. The fourth-order valence-electron chi connectivity index (χ4n) is 1.88. The minimum absolute atomic E-state index is 0.871. The summed E-state index contributed by atoms with van der Waals surface area (Å²) in [4.78, 5) is 4.67. The number of halogens is 1. The van der Waals surface area contributed by atoms with Crippen LogP contribution in [0.1, 0.15) is 18.9 Å². The Kier molecular flexibility index (Phi) is 6.68. The van der Waals surface area contributed by atoms with Crippen LogP contribution in [-0.4, -0.2) is 43.5 Å². The predicted octanol–water partition coefficient (Wildman–Crippen LogP) is 2.80. The summed E-state index contributed by atoms with van der Waals surface area (Å²) in [7, 11) is 4.22. The van der Waals surface area contributed by atoms with E-state index in [9.17, 15) is 0 Å². The number of hydrogen-bond donors (Lipinski definition) is 1. The first-order chi connectivity index (χ1) is 8.52. The molecule has 0 saturated heterocycles. The van der Waals surface area contributed by atoms with Gasteiger partial charge in [0.05, 0.1) is 0 Å². The van der Waals surface area contributed by atoms with Crippen LogP contribution in [0.3, 0.4) is 0 Å². The van der Waals surface area contributed by atoms with Crippen LogP contribution in [0.15, 0.2) is 22.7 Å². The van der Waals surface area contributed by atoms with Gasteiger partial charge in [0.1, 0.15) is 0 Å². The number of benzene rings is 1. The highest BCUT2D eigenvalue weighted by atomic mass is 79.9. The van der Waals surface area contributed by atoms with Gasteiger partial charge in [0, 0.05) is 29.8 Å². The first-order valence-electron chi connectivity index (χ1n) is 6.44. The molecule has 0 aliphatic carbocycles. The van der Waals surface area contributed by atoms with Gasteiger partial charge < -0.3 is 10.6 Å². The molecule has 0 atom stereocenters. The number of likely N-dealkylation sites (N-methyl/N-ethyl adjacent to an activating group) is 1. The van der Waals surface area contributed by atoms with Crippen molar-refractivity contribution in [2.24, 2.45) is 0 Å². The van der Waals surface area contributed by atoms with Gasteiger partial charge in [0.25, 0.3) is 0 Å². The molecule has 1 aromatic rings. The second-order valence-electron chi connectivity index (χ2n) is 4.92. The average molecular weight is 314 g/mol. The highest BCUT2D eigenvalue weighted by Crippen LogP contribution is 2.20. The third-order valence-electron chi connectivity index (χ3n) is 2.91. The molecule has 4 heteroatoms. The Balaban J connectivity index is 2.64. The van der Waals surface area contributed by atoms with E-state index in [1.165, 1.54) is 12.0 Å². The van der Waals surface area contributed by atoms with Gasteiger partial charge >= 0.3 is 0 Å². The van der Waals surface area contributed by atoms with Crippen molar-refractivity contribution in [2.75, 3.05) is 39.5 Å². The van der Waals surface area contributed by atoms with Crippen LogP contribution in [-0.2, 0) is 6.54 Å². The molecule has 2 N–H and O–H groups in total. The standard InChI is InChI=1S/C14H24BrN3/c1-4-7-18(9-8-17(2)3)11-12-5-6-13(15)10-14(12)16/h5-6,10H,4,7-9,11,16H2,1-3H3. The summed E-state index contributed by atoms with van der Waals surface area (Å²) in [6.45, 7) is 6.42. The molecule has 102 valence electrons. The topological polar surface area (TPSA) is 32.5 Å². The zero-order valence-electron chi connectivity index (χ0n) is 11.6. The lowest BCUT2D eigenvalue weighted by atomic mass is 10.1. The number of nitrogens with zero attached hydrogens (tertiary/aromatic N) is 2. The van der Waals surface area contributed by atoms with Gasteiger partial charge in [-0.15, -0.1) is 0 Å². The Morgan fingerprint density at radius 1 is 1.17 bits per heavy atom. The van der Waals surface area contributed by atoms with Gasteiger partial charge in [-0.05, 0) is 44.8 Å². The summed E-state index contributed by atoms with van der Waals surface area (Å²) < 4.78 is 1.04. The lowest BCUT2D eigenvalue weighted by Gasteiger charge is -2.24. The quantitative estimate of drug-likeness (QED) is 0.786. The van der Waals surface area contributed by atoms with Crippen molar-refractivity contribution in [3.8, 4) is 0 Å². The second-order valence-corrected chi connectivity index (χ2v) is 5.84. The zero-order chi connectivity index (χ0) is 13.5. The minimum Gasteiger partial charge on any atom is -0.398 e. The average Bonchev–Trinajstić information content (AvgIpc) is 2.29. The van der Waals surface area contributed by atoms with Crippen molar-refractivity contribution in [1.82, 2.24) is 9.80 Å². The maximum absolute atomic E-state index is 6.05. The number of nitrogen functional groups attached to an aromatic ring is 1. The summed E-state index contributed by atoms with van der Waals surface area (Å²) >= 11 is 3.44. The molecule has 0 aliphatic rings. The SMILES string of the molecule is CCCN(CCN(C)C)Cc1ccc(Br)cc1N. The molecule has 0 amide bonds. The first-order valence-corrected chi connectivity index (χ1v) is 7.23. The third-order valence-corrected chi connectivity index (χ3v) is 3.40. The molecule has 1 aromatic carbocycles. The molecule has 0 unspecified atom stereocenters. The maximum Gasteiger partial charge on any atom is 0.0371 e. The van der Waals surface area contributed by atoms with Crippen LogP contribution in [0.5, 0.6) is 0 Å². The van der Waals surface area contributed by atoms with E-state index < -0.39 is 0 Å². The van der Waals surface area contributed by atoms with Crippen LogP contribution in [0.25, 0.3) is 0 Å². The fourth-order valence-corrected chi connectivity index (χ4v) is 2.26. The fraction of sp³-hybridized carbons (Fsp3) is 0.571. The Bertz CT molecular complexity index is 366. The van der Waals surface area contributed by atoms with Gasteiger partial charge in [0.15, 0.2) is 0 Å². The molecule has 0 bridgehead atoms. The van der Waals surface area contributed by atoms with Crippen molar-refractivity contribution in [3.63, 3.8) is 0 Å². The monoisotopic (exact) mass is 313 g/mol. The van der Waals surface area contributed by atoms with Crippen molar-refractivity contribution >= 4 is 21.6 Å². The highest BCUT2D eigenvalue weighted by Gasteiger charge is 2.08. The van der Waals surface area contributed by atoms with E-state index in [1.54, 1.807) is 0 Å². The first kappa shape index (κ1) is 15.5. The van der Waals surface area contributed by atoms with E-state index in [0.717, 1.165) is 36.3 Å². The molecule has 0 aromatic heterocycles. The summed E-state index contributed by atoms with van der Waals surface area (Å²) in [5.74, 6) is 0. The van der Waals surface area contributed by atoms with Crippen LogP contribution in [0.2, 0.25) is 0 Å². The van der Waals surface area contributed by atoms with E-state index in [0.29, 0.717) is 0 Å². The van der Waals surface area contributed by atoms with Crippen LogP contribution in [0, 0.1) is 0 Å². The Labute approximate surface area is 119 Å². The van der Waals surface area contributed by atoms with Gasteiger partial charge in [-0.25, -0.2) is 0 Å². The normalized spacial score (nSPS) is 11.4. The Hall–Kier alpha value is -0.580. The van der Waals surface area contributed by atoms with Crippen LogP contribution >= 0.6 is 15.9 Å². The van der Waals surface area contributed by atoms with Gasteiger partial charge in [-0.2, -0.15) is 0 Å². The van der Waals surface area contributed by atoms with Crippen molar-refractivity contribution < 1.29 is 0 Å². The number of nitrogens with two attached hydrogens (primary N) is 1. The number of anilines is 1. The van der Waals surface area contributed by atoms with Gasteiger partial charge in [-0.3, -0.25) is 4.90 Å². The molecule has 0 heterocycles. The zero-order valence-corrected chi connectivity index (χ0v) is 13.2. The lowest BCUT2D eigenvalue weighted by Crippen LogP contribution is -2.32. The van der Waals surface area contributed by atoms with Crippen molar-refractivity contribution in [1.29, 1.82) is 0 Å². The predicted molar refractivity (Wildman–Crippen MR) is 82.7 cm³/mol. The van der Waals surface area contributed by atoms with E-state index in [2.05, 4.69) is 58.9 Å². The molecule has 18 heavy (non-hydrogen) atoms. The molecule has 1 rings (SSSR count). The second kappa shape index (κ2) is 7.77. The molecule has 0 fully saturated rings. The van der Waals surface area contributed by atoms with Crippen LogP contribution in [0.4, 0.5) is 5.69 Å². The van der Waals surface area contributed by atoms with E-state index in [4.69, 9.17) is 5.73 Å². The van der Waals surface area contributed by atoms with E-state index >= 15 is 0 Å². The molecule has 0 radical (unpaired) electrons. The van der Waals surface area contributed by atoms with Crippen molar-refractivity contribution in [3.05, 3.63) is 28.2 Å². The van der Waals surface area contributed by atoms with E-state index in [1.807, 2.05) is 6.07 Å². The largest absolute Gasteiger partial charge is 0.398 e. The highest BCUT2D eigenvalue weighted by molar-refractivity contribution is 9.10. The Morgan fingerprint density at radius 2 is 1.89 bits per heavy atom. The molecule has 0 aliphatic heterocycles. The van der Waals surface area contributed by atoms with Crippen LogP contribution < -0.4 is 5.73 Å². The molecular formula is C14H24BrN3. The summed E-state index contributed by atoms with van der Waals surface area (Å²) in [5.41, 5.74) is 8.14. The minimum atomic E-state index is 0.871. The molecular weight excluding hydrogens is 290 g/mol. The third kappa shape index (κ3) is 5.38. The smallest absolute Gasteiger partial charge is 0.0371 e. The summed E-state index contributed by atoms with van der Waals surface area (Å²) in [6.07, 6.45) is 1.17. The molecule has 0 spiro atoms. The van der Waals surface area contributed by atoms with Gasteiger partial charge in [0.2, 0.25) is 0 Å². The number of hydrogen-bond acceptors (Lipinski definition) is 3. The number of rotatable bonds is 7. The molecule has 0 saturated carbocycles. The van der Waals surface area contributed by atoms with Gasteiger partial charge in [-0.1, -0.05) is 28.9 Å². The Morgan fingerprint density at radius 3 is 2.44 bits per heavy atom. The summed E-state index contributed by atoms with van der Waals surface area (Å²) in [6, 6.07) is 6.14. The molecule has 3 nitrogen and oxygen atoms in total. The van der Waals surface area contributed by atoms with Crippen molar-refractivity contribution in [2.45, 2.75) is 19.9 Å². The lowest BCUT2D eigenvalue weighted by molar-refractivity contribution is 0.234. The summed E-state index contributed by atoms with van der Waals surface area (Å²) in [5, 5.41) is 0. The van der Waals surface area contributed by atoms with E-state index in [-0.39, 0.29) is 0 Å².